The predicted molar refractivity (Wildman–Crippen MR) is 42.3 cm³/mol. The smallest absolute Gasteiger partial charge is 0.106 e. The van der Waals surface area contributed by atoms with Gasteiger partial charge in [-0.25, -0.2) is 0 Å². The summed E-state index contributed by atoms with van der Waals surface area (Å²) in [5.74, 6) is 1.25. The van der Waals surface area contributed by atoms with E-state index in [-0.39, 0.29) is 5.68 Å². The summed E-state index contributed by atoms with van der Waals surface area (Å²) < 4.78 is 0. The molecule has 0 bridgehead atoms. The second-order valence-electron chi connectivity index (χ2n) is 1.42. The maximum atomic E-state index is 5.80. The van der Waals surface area contributed by atoms with Gasteiger partial charge in [-0.2, -0.15) is 0 Å². The van der Waals surface area contributed by atoms with Crippen LogP contribution in [-0.2, 0) is 0 Å². The predicted octanol–water partition coefficient (Wildman–Crippen LogP) is 3.32. The monoisotopic (exact) mass is 172 g/mol. The molecule has 1 rings (SSSR count). The number of hydrogen-bond donors (Lipinski definition) is 0. The van der Waals surface area contributed by atoms with Crippen molar-refractivity contribution in [3.63, 3.8) is 0 Å². The van der Waals surface area contributed by atoms with E-state index >= 15 is 0 Å². The van der Waals surface area contributed by atoms with Gasteiger partial charge in [-0.05, 0) is 0 Å². The highest BCUT2D eigenvalue weighted by atomic mass is 35.7. The Kier molecular flexibility index (Phi) is 2.63. The number of hydrogen-bond acceptors (Lipinski definition) is 2. The van der Waals surface area contributed by atoms with Crippen LogP contribution in [0.4, 0.5) is 0 Å². The molecule has 0 N–H and O–H groups in total. The van der Waals surface area contributed by atoms with Crippen LogP contribution >= 0.6 is 39.7 Å². The van der Waals surface area contributed by atoms with E-state index in [1.54, 1.807) is 0 Å². The van der Waals surface area contributed by atoms with Crippen LogP contribution in [0.1, 0.15) is 6.92 Å². The first-order valence-electron chi connectivity index (χ1n) is 2.04. The van der Waals surface area contributed by atoms with Gasteiger partial charge in [-0.3, -0.25) is 0 Å². The van der Waals surface area contributed by atoms with Crippen LogP contribution in [0.15, 0.2) is 0 Å². The normalized spacial score (nSPS) is 42.0. The topological polar surface area (TPSA) is 0 Å². The van der Waals surface area contributed by atoms with E-state index in [2.05, 4.69) is 6.92 Å². The first-order chi connectivity index (χ1) is 3.29. The van der Waals surface area contributed by atoms with Crippen molar-refractivity contribution in [3.8, 4) is 0 Å². The van der Waals surface area contributed by atoms with Crippen LogP contribution in [0, 0.1) is 0 Å². The molecule has 0 aromatic heterocycles. The first-order valence-corrected chi connectivity index (χ1v) is 7.37. The second kappa shape index (κ2) is 2.82. The third-order valence-corrected chi connectivity index (χ3v) is 8.38. The lowest BCUT2D eigenvalue weighted by Crippen LogP contribution is -1.88. The molecule has 0 nitrogen and oxygen atoms in total. The summed E-state index contributed by atoms with van der Waals surface area (Å²) in [7, 11) is 0. The summed E-state index contributed by atoms with van der Waals surface area (Å²) in [6.07, 6.45) is 0. The minimum atomic E-state index is -0.199. The zero-order chi connectivity index (χ0) is 5.28. The van der Waals surface area contributed by atoms with Gasteiger partial charge in [-0.15, -0.1) is 22.8 Å². The van der Waals surface area contributed by atoms with Crippen molar-refractivity contribution in [2.24, 2.45) is 0 Å². The van der Waals surface area contributed by atoms with E-state index in [4.69, 9.17) is 11.2 Å². The molecule has 1 fully saturated rings. The maximum absolute atomic E-state index is 5.80. The van der Waals surface area contributed by atoms with E-state index in [1.807, 2.05) is 22.8 Å². The van der Waals surface area contributed by atoms with Gasteiger partial charge in [0, 0.05) is 11.0 Å². The number of halogens is 1. The van der Waals surface area contributed by atoms with Gasteiger partial charge in [-0.1, -0.05) is 18.2 Å². The van der Waals surface area contributed by atoms with E-state index in [0.717, 1.165) is 5.25 Å². The van der Waals surface area contributed by atoms with Crippen molar-refractivity contribution in [2.45, 2.75) is 12.2 Å². The Labute approximate surface area is 57.8 Å². The van der Waals surface area contributed by atoms with Crippen LogP contribution in [0.3, 0.4) is 0 Å². The molecule has 0 saturated carbocycles. The molecule has 0 radical (unpaired) electrons. The van der Waals surface area contributed by atoms with Crippen molar-refractivity contribution in [3.05, 3.63) is 0 Å². The SMILES string of the molecule is C[C@H]1CSP(Cl)S1. The fourth-order valence-electron chi connectivity index (χ4n) is 0.366. The molecule has 1 saturated heterocycles. The molecule has 7 heavy (non-hydrogen) atoms. The number of rotatable bonds is 0. The van der Waals surface area contributed by atoms with Gasteiger partial charge in [0.2, 0.25) is 0 Å². The van der Waals surface area contributed by atoms with E-state index in [1.165, 1.54) is 5.75 Å². The molecule has 0 amide bonds. The molecular weight excluding hydrogens is 167 g/mol. The lowest BCUT2D eigenvalue weighted by molar-refractivity contribution is 1.15. The van der Waals surface area contributed by atoms with E-state index in [9.17, 15) is 0 Å². The molecule has 2 atom stereocenters. The quantitative estimate of drug-likeness (QED) is 0.514. The average molecular weight is 173 g/mol. The zero-order valence-corrected chi connectivity index (χ0v) is 7.21. The Balaban J connectivity index is 2.26. The molecule has 1 unspecified atom stereocenters. The summed E-state index contributed by atoms with van der Waals surface area (Å²) in [5, 5.41) is 0.800. The molecule has 4 heteroatoms. The van der Waals surface area contributed by atoms with Gasteiger partial charge in [0.05, 0.1) is 0 Å². The summed E-state index contributed by atoms with van der Waals surface area (Å²) in [5.41, 5.74) is -0.199. The Morgan fingerprint density at radius 3 is 2.71 bits per heavy atom. The molecule has 0 aliphatic carbocycles. The highest BCUT2D eigenvalue weighted by molar-refractivity contribution is 8.96. The third kappa shape index (κ3) is 2.01. The summed E-state index contributed by atoms with van der Waals surface area (Å²) in [6, 6.07) is 0. The van der Waals surface area contributed by atoms with Gasteiger partial charge in [0.1, 0.15) is 5.68 Å². The van der Waals surface area contributed by atoms with Crippen LogP contribution in [0.25, 0.3) is 0 Å². The molecule has 0 aromatic rings. The second-order valence-corrected chi connectivity index (χ2v) is 9.96. The molecule has 0 spiro atoms. The first kappa shape index (κ1) is 6.54. The minimum absolute atomic E-state index is 0.199. The van der Waals surface area contributed by atoms with Crippen LogP contribution in [-0.4, -0.2) is 11.0 Å². The standard InChI is InChI=1S/C3H6ClPS2/c1-3-2-6-5(4)7-3/h3H,2H2,1H3/t3-,5?/m0/s1. The fraction of sp³-hybridized carbons (Fsp3) is 1.00. The lowest BCUT2D eigenvalue weighted by Gasteiger charge is -1.92. The third-order valence-electron chi connectivity index (χ3n) is 0.674. The lowest BCUT2D eigenvalue weighted by atomic mass is 10.6. The largest absolute Gasteiger partial charge is 0.110 e. The Bertz CT molecular complexity index is 62.0. The molecular formula is C3H6ClPS2. The van der Waals surface area contributed by atoms with Crippen molar-refractivity contribution in [1.82, 2.24) is 0 Å². The van der Waals surface area contributed by atoms with Crippen LogP contribution in [0.5, 0.6) is 0 Å². The Morgan fingerprint density at radius 2 is 2.57 bits per heavy atom. The Morgan fingerprint density at radius 1 is 1.86 bits per heavy atom. The zero-order valence-electron chi connectivity index (χ0n) is 3.93. The van der Waals surface area contributed by atoms with E-state index < -0.39 is 0 Å². The van der Waals surface area contributed by atoms with Gasteiger partial charge >= 0.3 is 0 Å². The Hall–Kier alpha value is 1.42. The van der Waals surface area contributed by atoms with Crippen molar-refractivity contribution in [1.29, 1.82) is 0 Å². The van der Waals surface area contributed by atoms with E-state index in [0.29, 0.717) is 0 Å². The maximum Gasteiger partial charge on any atom is 0.110 e. The summed E-state index contributed by atoms with van der Waals surface area (Å²) in [4.78, 5) is 0. The molecule has 1 heterocycles. The van der Waals surface area contributed by atoms with Crippen molar-refractivity contribution in [2.75, 3.05) is 5.75 Å². The van der Waals surface area contributed by atoms with Crippen LogP contribution in [0.2, 0.25) is 0 Å². The fourth-order valence-corrected chi connectivity index (χ4v) is 8.54. The average Bonchev–Trinajstić information content (AvgIpc) is 1.87. The summed E-state index contributed by atoms with van der Waals surface area (Å²) >= 11 is 9.61. The van der Waals surface area contributed by atoms with Gasteiger partial charge in [0.15, 0.2) is 0 Å². The molecule has 42 valence electrons. The molecule has 0 aromatic carbocycles. The van der Waals surface area contributed by atoms with Gasteiger partial charge < -0.3 is 0 Å². The molecule has 1 aliphatic heterocycles. The molecule has 1 aliphatic rings. The van der Waals surface area contributed by atoms with Crippen molar-refractivity contribution >= 4 is 39.7 Å². The highest BCUT2D eigenvalue weighted by Gasteiger charge is 2.19. The highest BCUT2D eigenvalue weighted by Crippen LogP contribution is 2.71. The van der Waals surface area contributed by atoms with Crippen LogP contribution < -0.4 is 0 Å². The minimum Gasteiger partial charge on any atom is -0.106 e. The van der Waals surface area contributed by atoms with Crippen molar-refractivity contribution < 1.29 is 0 Å². The van der Waals surface area contributed by atoms with Gasteiger partial charge in [0.25, 0.3) is 0 Å². The summed E-state index contributed by atoms with van der Waals surface area (Å²) in [6.45, 7) is 2.22.